The second-order valence-corrected chi connectivity index (χ2v) is 9.44. The molecule has 1 heterocycles. The van der Waals surface area contributed by atoms with E-state index < -0.39 is 10.0 Å². The maximum atomic E-state index is 12.6. The molecule has 3 aromatic rings. The van der Waals surface area contributed by atoms with Crippen molar-refractivity contribution in [3.63, 3.8) is 0 Å². The van der Waals surface area contributed by atoms with Gasteiger partial charge in [0.05, 0.1) is 4.88 Å². The van der Waals surface area contributed by atoms with Gasteiger partial charge in [-0.1, -0.05) is 48.5 Å². The SMILES string of the molecule is O=C(Nc1ccccc1)c1ccc(S(=O)(=O)N[C@@H]2C[C@H]2c2ccccc2)s1. The maximum absolute atomic E-state index is 12.6. The average molecular weight is 399 g/mol. The third kappa shape index (κ3) is 4.10. The predicted molar refractivity (Wildman–Crippen MR) is 107 cm³/mol. The minimum absolute atomic E-state index is 0.0962. The van der Waals surface area contributed by atoms with E-state index in [1.165, 1.54) is 6.07 Å². The molecule has 2 N–H and O–H groups in total. The highest BCUT2D eigenvalue weighted by atomic mass is 32.2. The van der Waals surface area contributed by atoms with Crippen LogP contribution in [0.15, 0.2) is 77.0 Å². The van der Waals surface area contributed by atoms with Crippen LogP contribution in [0.25, 0.3) is 0 Å². The van der Waals surface area contributed by atoms with E-state index in [1.54, 1.807) is 18.2 Å². The number of carbonyl (C=O) groups is 1. The molecule has 5 nitrogen and oxygen atoms in total. The van der Waals surface area contributed by atoms with Gasteiger partial charge in [0.15, 0.2) is 0 Å². The van der Waals surface area contributed by atoms with E-state index in [1.807, 2.05) is 48.5 Å². The van der Waals surface area contributed by atoms with E-state index in [4.69, 9.17) is 0 Å². The minimum Gasteiger partial charge on any atom is -0.321 e. The second-order valence-electron chi connectivity index (χ2n) is 6.42. The van der Waals surface area contributed by atoms with Gasteiger partial charge in [-0.05, 0) is 36.2 Å². The number of benzene rings is 2. The topological polar surface area (TPSA) is 75.3 Å². The van der Waals surface area contributed by atoms with E-state index in [0.29, 0.717) is 10.6 Å². The van der Waals surface area contributed by atoms with Crippen LogP contribution in [-0.4, -0.2) is 20.4 Å². The van der Waals surface area contributed by atoms with E-state index in [0.717, 1.165) is 23.3 Å². The third-order valence-corrected chi connectivity index (χ3v) is 7.49. The Balaban J connectivity index is 1.42. The Bertz CT molecular complexity index is 1050. The molecule has 138 valence electrons. The van der Waals surface area contributed by atoms with Crippen LogP contribution in [0.3, 0.4) is 0 Å². The van der Waals surface area contributed by atoms with Gasteiger partial charge < -0.3 is 5.32 Å². The normalized spacial score (nSPS) is 18.8. The van der Waals surface area contributed by atoms with Gasteiger partial charge in [-0.2, -0.15) is 0 Å². The van der Waals surface area contributed by atoms with Crippen molar-refractivity contribution in [1.82, 2.24) is 4.72 Å². The quantitative estimate of drug-likeness (QED) is 0.663. The molecule has 0 unspecified atom stereocenters. The smallest absolute Gasteiger partial charge is 0.265 e. The Morgan fingerprint density at radius 2 is 1.59 bits per heavy atom. The fourth-order valence-electron chi connectivity index (χ4n) is 2.95. The number of nitrogens with one attached hydrogen (secondary N) is 2. The molecular formula is C20H18N2O3S2. The van der Waals surface area contributed by atoms with Crippen LogP contribution in [0.5, 0.6) is 0 Å². The van der Waals surface area contributed by atoms with Crippen molar-refractivity contribution in [1.29, 1.82) is 0 Å². The number of para-hydroxylation sites is 1. The Morgan fingerprint density at radius 3 is 2.30 bits per heavy atom. The first-order valence-electron chi connectivity index (χ1n) is 8.56. The van der Waals surface area contributed by atoms with E-state index in [9.17, 15) is 13.2 Å². The molecule has 1 fully saturated rings. The zero-order chi connectivity index (χ0) is 18.9. The third-order valence-electron chi connectivity index (χ3n) is 4.43. The molecule has 1 saturated carbocycles. The molecule has 2 aromatic carbocycles. The molecule has 1 aromatic heterocycles. The first kappa shape index (κ1) is 17.9. The van der Waals surface area contributed by atoms with E-state index in [2.05, 4.69) is 10.0 Å². The van der Waals surface area contributed by atoms with Gasteiger partial charge in [0.25, 0.3) is 5.91 Å². The summed E-state index contributed by atoms with van der Waals surface area (Å²) in [4.78, 5) is 12.7. The van der Waals surface area contributed by atoms with Crippen molar-refractivity contribution in [2.24, 2.45) is 0 Å². The van der Waals surface area contributed by atoms with Crippen LogP contribution in [0.4, 0.5) is 5.69 Å². The van der Waals surface area contributed by atoms with Gasteiger partial charge in [-0.15, -0.1) is 11.3 Å². The lowest BCUT2D eigenvalue weighted by Gasteiger charge is -2.05. The molecule has 0 radical (unpaired) electrons. The number of sulfonamides is 1. The molecule has 27 heavy (non-hydrogen) atoms. The first-order chi connectivity index (χ1) is 13.0. The van der Waals surface area contributed by atoms with Crippen molar-refractivity contribution >= 4 is 33.0 Å². The lowest BCUT2D eigenvalue weighted by Crippen LogP contribution is -2.26. The number of hydrogen-bond acceptors (Lipinski definition) is 4. The van der Waals surface area contributed by atoms with Gasteiger partial charge in [0.2, 0.25) is 10.0 Å². The van der Waals surface area contributed by atoms with Gasteiger partial charge in [-0.3, -0.25) is 4.79 Å². The van der Waals surface area contributed by atoms with E-state index in [-0.39, 0.29) is 22.1 Å². The molecule has 0 bridgehead atoms. The highest BCUT2D eigenvalue weighted by molar-refractivity contribution is 7.91. The summed E-state index contributed by atoms with van der Waals surface area (Å²) in [6.45, 7) is 0. The Kier molecular flexibility index (Phi) is 4.82. The fraction of sp³-hybridized carbons (Fsp3) is 0.150. The highest BCUT2D eigenvalue weighted by Crippen LogP contribution is 2.41. The Labute approximate surface area is 162 Å². The summed E-state index contributed by atoms with van der Waals surface area (Å²) in [6, 6.07) is 21.9. The van der Waals surface area contributed by atoms with Crippen LogP contribution in [-0.2, 0) is 10.0 Å². The number of hydrogen-bond donors (Lipinski definition) is 2. The summed E-state index contributed by atoms with van der Waals surface area (Å²) in [6.07, 6.45) is 0.788. The monoisotopic (exact) mass is 398 g/mol. The van der Waals surface area contributed by atoms with Crippen molar-refractivity contribution in [3.05, 3.63) is 83.2 Å². The molecule has 1 aliphatic rings. The standard InChI is InChI=1S/C20H18N2O3S2/c23-20(21-15-9-5-2-6-10-15)18-11-12-19(26-18)27(24,25)22-17-13-16(17)14-7-3-1-4-8-14/h1-12,16-17,22H,13H2,(H,21,23)/t16-,17+/m0/s1. The highest BCUT2D eigenvalue weighted by Gasteiger charge is 2.41. The van der Waals surface area contributed by atoms with E-state index >= 15 is 0 Å². The predicted octanol–water partition coefficient (Wildman–Crippen LogP) is 3.83. The lowest BCUT2D eigenvalue weighted by atomic mass is 10.1. The zero-order valence-electron chi connectivity index (χ0n) is 14.3. The largest absolute Gasteiger partial charge is 0.321 e. The summed E-state index contributed by atoms with van der Waals surface area (Å²) in [5.41, 5.74) is 1.81. The summed E-state index contributed by atoms with van der Waals surface area (Å²) in [5, 5.41) is 2.76. The van der Waals surface area contributed by atoms with Crippen molar-refractivity contribution in [2.75, 3.05) is 5.32 Å². The molecule has 4 rings (SSSR count). The van der Waals surface area contributed by atoms with Crippen LogP contribution in [0.2, 0.25) is 0 Å². The number of amides is 1. The molecular weight excluding hydrogens is 380 g/mol. The molecule has 1 aliphatic carbocycles. The average Bonchev–Trinajstić information content (AvgIpc) is 3.23. The molecule has 0 spiro atoms. The molecule has 1 amide bonds. The maximum Gasteiger partial charge on any atom is 0.265 e. The number of carbonyl (C=O) groups excluding carboxylic acids is 1. The molecule has 0 saturated heterocycles. The number of thiophene rings is 1. The molecule has 2 atom stereocenters. The van der Waals surface area contributed by atoms with Crippen molar-refractivity contribution in [3.8, 4) is 0 Å². The summed E-state index contributed by atoms with van der Waals surface area (Å²) in [7, 11) is -3.63. The zero-order valence-corrected chi connectivity index (χ0v) is 16.0. The Hall–Kier alpha value is -2.48. The first-order valence-corrected chi connectivity index (χ1v) is 10.9. The molecule has 0 aliphatic heterocycles. The van der Waals surface area contributed by atoms with Gasteiger partial charge in [-0.25, -0.2) is 13.1 Å². The van der Waals surface area contributed by atoms with Gasteiger partial charge in [0.1, 0.15) is 4.21 Å². The van der Waals surface area contributed by atoms with Crippen LogP contribution < -0.4 is 10.0 Å². The second kappa shape index (κ2) is 7.26. The summed E-state index contributed by atoms with van der Waals surface area (Å²) in [5.74, 6) is -0.108. The number of anilines is 1. The van der Waals surface area contributed by atoms with Crippen LogP contribution in [0.1, 0.15) is 27.6 Å². The van der Waals surface area contributed by atoms with Crippen molar-refractivity contribution in [2.45, 2.75) is 22.6 Å². The van der Waals surface area contributed by atoms with Crippen LogP contribution >= 0.6 is 11.3 Å². The molecule has 7 heteroatoms. The Morgan fingerprint density at radius 1 is 0.926 bits per heavy atom. The van der Waals surface area contributed by atoms with Crippen LogP contribution in [0, 0.1) is 0 Å². The summed E-state index contributed by atoms with van der Waals surface area (Å²) >= 11 is 0.971. The lowest BCUT2D eigenvalue weighted by molar-refractivity contribution is 0.103. The minimum atomic E-state index is -3.63. The van der Waals surface area contributed by atoms with Crippen molar-refractivity contribution < 1.29 is 13.2 Å². The summed E-state index contributed by atoms with van der Waals surface area (Å²) < 4.78 is 28.1. The fourth-order valence-corrected chi connectivity index (χ4v) is 5.46. The van der Waals surface area contributed by atoms with Gasteiger partial charge in [0, 0.05) is 17.6 Å². The van der Waals surface area contributed by atoms with Gasteiger partial charge >= 0.3 is 0 Å². The number of rotatable bonds is 6.